The third kappa shape index (κ3) is 6.36. The Morgan fingerprint density at radius 2 is 1.93 bits per heavy atom. The van der Waals surface area contributed by atoms with E-state index in [1.807, 2.05) is 25.1 Å². The molecule has 5 nitrogen and oxygen atoms in total. The first-order valence-corrected chi connectivity index (χ1v) is 9.60. The number of nitrogens with one attached hydrogen (secondary N) is 1. The van der Waals surface area contributed by atoms with Gasteiger partial charge in [-0.15, -0.1) is 0 Å². The summed E-state index contributed by atoms with van der Waals surface area (Å²) in [6.45, 7) is 12.1. The van der Waals surface area contributed by atoms with E-state index in [0.29, 0.717) is 17.4 Å². The van der Waals surface area contributed by atoms with E-state index >= 15 is 0 Å². The van der Waals surface area contributed by atoms with Crippen LogP contribution >= 0.6 is 0 Å². The van der Waals surface area contributed by atoms with Crippen molar-refractivity contribution < 1.29 is 9.47 Å². The van der Waals surface area contributed by atoms with Crippen molar-refractivity contribution in [3.63, 3.8) is 0 Å². The average molecular weight is 370 g/mol. The van der Waals surface area contributed by atoms with Gasteiger partial charge >= 0.3 is 0 Å². The van der Waals surface area contributed by atoms with Gasteiger partial charge in [-0.3, -0.25) is 0 Å². The maximum Gasteiger partial charge on any atom is 0.238 e. The van der Waals surface area contributed by atoms with Crippen LogP contribution in [0.25, 0.3) is 5.57 Å². The summed E-state index contributed by atoms with van der Waals surface area (Å²) in [4.78, 5) is 8.56. The first kappa shape index (κ1) is 20.9. The number of allylic oxidation sites excluding steroid dienone is 1. The first-order chi connectivity index (χ1) is 13.1. The zero-order chi connectivity index (χ0) is 19.6. The van der Waals surface area contributed by atoms with Crippen LogP contribution in [0.1, 0.15) is 51.3 Å². The predicted octanol–water partition coefficient (Wildman–Crippen LogP) is 5.23. The van der Waals surface area contributed by atoms with Crippen LogP contribution in [0.4, 0.5) is 0 Å². The van der Waals surface area contributed by atoms with Crippen LogP contribution < -0.4 is 14.8 Å². The van der Waals surface area contributed by atoms with Gasteiger partial charge in [-0.05, 0) is 49.1 Å². The smallest absolute Gasteiger partial charge is 0.238 e. The van der Waals surface area contributed by atoms with Crippen LogP contribution in [0.15, 0.2) is 37.2 Å². The molecule has 1 N–H and O–H groups in total. The molecule has 27 heavy (non-hydrogen) atoms. The fourth-order valence-electron chi connectivity index (χ4n) is 2.84. The van der Waals surface area contributed by atoms with E-state index in [0.717, 1.165) is 35.8 Å². The summed E-state index contributed by atoms with van der Waals surface area (Å²) in [7, 11) is 1.64. The largest absolute Gasteiger partial charge is 0.493 e. The number of aromatic nitrogens is 2. The van der Waals surface area contributed by atoms with Gasteiger partial charge in [0.15, 0.2) is 11.5 Å². The van der Waals surface area contributed by atoms with Gasteiger partial charge in [0.05, 0.1) is 25.2 Å². The quantitative estimate of drug-likeness (QED) is 0.550. The van der Waals surface area contributed by atoms with Gasteiger partial charge in [0, 0.05) is 6.54 Å². The molecule has 1 aromatic heterocycles. The fraction of sp³-hybridized carbons (Fsp3) is 0.455. The van der Waals surface area contributed by atoms with Crippen molar-refractivity contribution in [2.45, 2.75) is 46.6 Å². The third-order valence-corrected chi connectivity index (χ3v) is 4.72. The lowest BCUT2D eigenvalue weighted by atomic mass is 10.00. The van der Waals surface area contributed by atoms with Gasteiger partial charge in [0.25, 0.3) is 0 Å². The van der Waals surface area contributed by atoms with Crippen LogP contribution in [-0.2, 0) is 6.54 Å². The second kappa shape index (κ2) is 10.7. The minimum atomic E-state index is 0.425. The summed E-state index contributed by atoms with van der Waals surface area (Å²) in [5.74, 6) is 2.53. The summed E-state index contributed by atoms with van der Waals surface area (Å²) in [5, 5.41) is 3.51. The molecule has 0 fully saturated rings. The predicted molar refractivity (Wildman–Crippen MR) is 110 cm³/mol. The molecule has 0 atom stereocenters. The Morgan fingerprint density at radius 1 is 1.15 bits per heavy atom. The number of rotatable bonds is 11. The minimum absolute atomic E-state index is 0.425. The normalized spacial score (nSPS) is 10.9. The van der Waals surface area contributed by atoms with E-state index in [4.69, 9.17) is 9.47 Å². The van der Waals surface area contributed by atoms with Crippen molar-refractivity contribution in [1.82, 2.24) is 15.3 Å². The number of hydrogen-bond donors (Lipinski definition) is 1. The molecule has 0 radical (unpaired) electrons. The number of nitrogens with zero attached hydrogens (tertiary/aromatic N) is 2. The van der Waals surface area contributed by atoms with Crippen LogP contribution in [0.3, 0.4) is 0 Å². The van der Waals surface area contributed by atoms with Crippen LogP contribution in [0, 0.1) is 5.92 Å². The molecule has 0 aliphatic heterocycles. The molecule has 0 spiro atoms. The highest BCUT2D eigenvalue weighted by Gasteiger charge is 2.09. The van der Waals surface area contributed by atoms with Gasteiger partial charge in [-0.2, -0.15) is 0 Å². The van der Waals surface area contributed by atoms with Crippen molar-refractivity contribution in [3.8, 4) is 17.4 Å². The third-order valence-electron chi connectivity index (χ3n) is 4.72. The second-order valence-corrected chi connectivity index (χ2v) is 6.76. The molecule has 0 saturated carbocycles. The lowest BCUT2D eigenvalue weighted by Gasteiger charge is -2.14. The summed E-state index contributed by atoms with van der Waals surface area (Å²) >= 11 is 0. The molecule has 1 heterocycles. The number of methoxy groups -OCH3 is 1. The number of benzene rings is 1. The zero-order valence-electron chi connectivity index (χ0n) is 16.9. The van der Waals surface area contributed by atoms with E-state index < -0.39 is 0 Å². The molecular weight excluding hydrogens is 338 g/mol. The van der Waals surface area contributed by atoms with Gasteiger partial charge in [0.1, 0.15) is 0 Å². The van der Waals surface area contributed by atoms with Crippen LogP contribution in [0.2, 0.25) is 0 Å². The molecule has 5 heteroatoms. The molecule has 2 rings (SSSR count). The first-order valence-electron chi connectivity index (χ1n) is 9.60. The second-order valence-electron chi connectivity index (χ2n) is 6.76. The van der Waals surface area contributed by atoms with Crippen LogP contribution in [0.5, 0.6) is 17.4 Å². The monoisotopic (exact) mass is 369 g/mol. The highest BCUT2D eigenvalue weighted by Crippen LogP contribution is 2.31. The molecule has 0 unspecified atom stereocenters. The fourth-order valence-corrected chi connectivity index (χ4v) is 2.84. The maximum atomic E-state index is 5.83. The molecule has 146 valence electrons. The van der Waals surface area contributed by atoms with Crippen molar-refractivity contribution in [3.05, 3.63) is 48.4 Å². The Kier molecular flexibility index (Phi) is 8.27. The van der Waals surface area contributed by atoms with Gasteiger partial charge < -0.3 is 14.8 Å². The number of ether oxygens (including phenoxy) is 2. The SMILES string of the molecule is C=C(C)c1cnc(Oc2ccc(CNCCC(CC)CC)cc2OC)cn1. The van der Waals surface area contributed by atoms with Gasteiger partial charge in [-0.1, -0.05) is 39.3 Å². The maximum absolute atomic E-state index is 5.83. The topological polar surface area (TPSA) is 56.3 Å². The van der Waals surface area contributed by atoms with Crippen molar-refractivity contribution in [2.75, 3.05) is 13.7 Å². The lowest BCUT2D eigenvalue weighted by molar-refractivity contribution is 0.372. The minimum Gasteiger partial charge on any atom is -0.493 e. The van der Waals surface area contributed by atoms with Gasteiger partial charge in [-0.25, -0.2) is 9.97 Å². The van der Waals surface area contributed by atoms with Crippen molar-refractivity contribution in [1.29, 1.82) is 0 Å². The Morgan fingerprint density at radius 3 is 2.52 bits per heavy atom. The van der Waals surface area contributed by atoms with E-state index in [1.54, 1.807) is 19.5 Å². The summed E-state index contributed by atoms with van der Waals surface area (Å²) in [5.41, 5.74) is 2.78. The van der Waals surface area contributed by atoms with E-state index in [1.165, 1.54) is 19.3 Å². The molecule has 2 aromatic rings. The summed E-state index contributed by atoms with van der Waals surface area (Å²) < 4.78 is 11.3. The van der Waals surface area contributed by atoms with E-state index in [-0.39, 0.29) is 0 Å². The molecule has 0 aliphatic carbocycles. The van der Waals surface area contributed by atoms with Gasteiger partial charge in [0.2, 0.25) is 5.88 Å². The van der Waals surface area contributed by atoms with Crippen LogP contribution in [-0.4, -0.2) is 23.6 Å². The summed E-state index contributed by atoms with van der Waals surface area (Å²) in [6.07, 6.45) is 6.95. The average Bonchev–Trinajstić information content (AvgIpc) is 2.69. The Balaban J connectivity index is 1.95. The standard InChI is InChI=1S/C22H31N3O2/c1-6-17(7-2)10-11-23-13-18-8-9-20(21(12-18)26-5)27-22-15-24-19(14-25-22)16(3)4/h8-9,12,14-15,17,23H,3,6-7,10-11,13H2,1-2,4-5H3. The highest BCUT2D eigenvalue weighted by molar-refractivity contribution is 5.56. The summed E-state index contributed by atoms with van der Waals surface area (Å²) in [6, 6.07) is 5.94. The molecule has 0 aliphatic rings. The Bertz CT molecular complexity index is 725. The number of hydrogen-bond acceptors (Lipinski definition) is 5. The van der Waals surface area contributed by atoms with Crippen molar-refractivity contribution in [2.24, 2.45) is 5.92 Å². The zero-order valence-corrected chi connectivity index (χ0v) is 16.9. The molecule has 1 aromatic carbocycles. The molecule has 0 saturated heterocycles. The molecular formula is C22H31N3O2. The van der Waals surface area contributed by atoms with Crippen molar-refractivity contribution >= 4 is 5.57 Å². The van der Waals surface area contributed by atoms with E-state index in [9.17, 15) is 0 Å². The highest BCUT2D eigenvalue weighted by atomic mass is 16.5. The molecule has 0 bridgehead atoms. The van der Waals surface area contributed by atoms with E-state index in [2.05, 4.69) is 35.7 Å². The lowest BCUT2D eigenvalue weighted by Crippen LogP contribution is -2.17. The Hall–Kier alpha value is -2.40. The Labute approximate surface area is 162 Å². The molecule has 0 amide bonds.